The van der Waals surface area contributed by atoms with E-state index in [9.17, 15) is 0 Å². The molecule has 12 rings (SSSR count). The maximum absolute atomic E-state index is 5.32. The van der Waals surface area contributed by atoms with Crippen LogP contribution in [0, 0.1) is 0 Å². The second-order valence-corrected chi connectivity index (χ2v) is 16.9. The van der Waals surface area contributed by atoms with E-state index in [0.717, 1.165) is 72.3 Å². The van der Waals surface area contributed by atoms with Gasteiger partial charge in [0.2, 0.25) is 0 Å². The van der Waals surface area contributed by atoms with Gasteiger partial charge in [-0.05, 0) is 73.5 Å². The molecule has 0 fully saturated rings. The lowest BCUT2D eigenvalue weighted by atomic mass is 9.92. The fourth-order valence-corrected chi connectivity index (χ4v) is 9.20. The van der Waals surface area contributed by atoms with Crippen LogP contribution in [-0.4, -0.2) is 21.8 Å². The van der Waals surface area contributed by atoms with Gasteiger partial charge in [0.15, 0.2) is 5.82 Å². The standard InChI is InChI=1S/C62H42N4/c1-3-11-41(12-4-1)43-19-23-45(24-20-43)47-27-31-49(32-28-47)61-63-57-17-9-7-15-55(57)59(65-61)53-37-35-52-40-54(38-36-51(52)39-53)60-56-16-8-10-18-58(56)64-62(66-60)50-33-29-48(30-34-50)46-25-21-44(22-26-46)42-13-5-2-6-14-42/h1-40,57H,(H,63,65). The van der Waals surface area contributed by atoms with E-state index in [0.29, 0.717) is 5.82 Å². The number of benzene rings is 9. The number of aliphatic imine (C=N–C) groups is 1. The molecule has 2 heterocycles. The van der Waals surface area contributed by atoms with Gasteiger partial charge in [-0.1, -0.05) is 224 Å². The molecule has 10 aromatic rings. The molecule has 0 saturated carbocycles. The second-order valence-electron chi connectivity index (χ2n) is 16.9. The third-order valence-electron chi connectivity index (χ3n) is 12.8. The molecular formula is C62H42N4. The van der Waals surface area contributed by atoms with Gasteiger partial charge >= 0.3 is 0 Å². The van der Waals surface area contributed by atoms with Crippen molar-refractivity contribution in [3.05, 3.63) is 259 Å². The lowest BCUT2D eigenvalue weighted by Gasteiger charge is -2.28. The van der Waals surface area contributed by atoms with Crippen molar-refractivity contribution in [3.63, 3.8) is 0 Å². The van der Waals surface area contributed by atoms with Crippen molar-refractivity contribution >= 4 is 33.2 Å². The number of aromatic nitrogens is 2. The average molecular weight is 843 g/mol. The molecule has 0 spiro atoms. The monoisotopic (exact) mass is 842 g/mol. The Labute approximate surface area is 384 Å². The number of fused-ring (bicyclic) bond motifs is 3. The van der Waals surface area contributed by atoms with Gasteiger partial charge in [-0.3, -0.25) is 0 Å². The van der Waals surface area contributed by atoms with Crippen LogP contribution in [0.25, 0.3) is 94.5 Å². The Hall–Kier alpha value is -8.73. The SMILES string of the molecule is C1=CC2=C(c3ccc4cc(-c5nc(-c6ccc(-c7ccc(-c8ccccc8)cc7)cc6)nc6ccccc56)ccc4c3)N=C(c3ccc(-c4ccc(-c5ccccc5)cc4)cc3)NC2C=C1. The van der Waals surface area contributed by atoms with E-state index in [4.69, 9.17) is 15.0 Å². The molecule has 9 aromatic carbocycles. The number of nitrogens with one attached hydrogen (secondary N) is 1. The highest BCUT2D eigenvalue weighted by atomic mass is 15.1. The fraction of sp³-hybridized carbons (Fsp3) is 0.0161. The number of allylic oxidation sites excluding steroid dienone is 2. The zero-order valence-corrected chi connectivity index (χ0v) is 36.0. The third kappa shape index (κ3) is 7.51. The van der Waals surface area contributed by atoms with Gasteiger partial charge in [-0.25, -0.2) is 15.0 Å². The van der Waals surface area contributed by atoms with Crippen LogP contribution in [0.4, 0.5) is 0 Å². The molecule has 4 heteroatoms. The van der Waals surface area contributed by atoms with Crippen molar-refractivity contribution in [1.29, 1.82) is 0 Å². The summed E-state index contributed by atoms with van der Waals surface area (Å²) >= 11 is 0. The maximum Gasteiger partial charge on any atom is 0.160 e. The molecule has 310 valence electrons. The van der Waals surface area contributed by atoms with Crippen LogP contribution in [0.2, 0.25) is 0 Å². The van der Waals surface area contributed by atoms with Crippen LogP contribution < -0.4 is 5.32 Å². The topological polar surface area (TPSA) is 50.2 Å². The van der Waals surface area contributed by atoms with Gasteiger partial charge in [0.25, 0.3) is 0 Å². The summed E-state index contributed by atoms with van der Waals surface area (Å²) in [5, 5.41) is 7.00. The summed E-state index contributed by atoms with van der Waals surface area (Å²) in [6.45, 7) is 0. The van der Waals surface area contributed by atoms with Crippen LogP contribution in [0.3, 0.4) is 0 Å². The van der Waals surface area contributed by atoms with E-state index in [2.05, 4.69) is 236 Å². The molecule has 1 aliphatic heterocycles. The molecular weight excluding hydrogens is 801 g/mol. The highest BCUT2D eigenvalue weighted by molar-refractivity contribution is 6.05. The van der Waals surface area contributed by atoms with Gasteiger partial charge in [0.1, 0.15) is 5.84 Å². The summed E-state index contributed by atoms with van der Waals surface area (Å²) < 4.78 is 0. The van der Waals surface area contributed by atoms with Crippen LogP contribution in [0.5, 0.6) is 0 Å². The van der Waals surface area contributed by atoms with E-state index < -0.39 is 0 Å². The first-order valence-electron chi connectivity index (χ1n) is 22.5. The molecule has 1 atom stereocenters. The molecule has 0 radical (unpaired) electrons. The van der Waals surface area contributed by atoms with Crippen molar-refractivity contribution in [2.24, 2.45) is 4.99 Å². The number of para-hydroxylation sites is 1. The Morgan fingerprint density at radius 1 is 0.364 bits per heavy atom. The highest BCUT2D eigenvalue weighted by Crippen LogP contribution is 2.36. The largest absolute Gasteiger partial charge is 0.359 e. The molecule has 2 aliphatic rings. The zero-order valence-electron chi connectivity index (χ0n) is 36.0. The number of nitrogens with zero attached hydrogens (tertiary/aromatic N) is 3. The minimum Gasteiger partial charge on any atom is -0.359 e. The smallest absolute Gasteiger partial charge is 0.160 e. The Bertz CT molecular complexity index is 3550. The van der Waals surface area contributed by atoms with E-state index in [-0.39, 0.29) is 6.04 Å². The molecule has 0 bridgehead atoms. The van der Waals surface area contributed by atoms with Crippen molar-refractivity contribution in [2.75, 3.05) is 0 Å². The van der Waals surface area contributed by atoms with Crippen LogP contribution in [0.1, 0.15) is 11.1 Å². The maximum atomic E-state index is 5.32. The second kappa shape index (κ2) is 16.8. The Morgan fingerprint density at radius 3 is 1.39 bits per heavy atom. The summed E-state index contributed by atoms with van der Waals surface area (Å²) in [4.78, 5) is 15.6. The molecule has 66 heavy (non-hydrogen) atoms. The summed E-state index contributed by atoms with van der Waals surface area (Å²) in [5.41, 5.74) is 17.6. The quantitative estimate of drug-likeness (QED) is 0.166. The van der Waals surface area contributed by atoms with Crippen LogP contribution in [-0.2, 0) is 0 Å². The van der Waals surface area contributed by atoms with Gasteiger partial charge in [0.05, 0.1) is 22.9 Å². The van der Waals surface area contributed by atoms with Crippen LogP contribution in [0.15, 0.2) is 253 Å². The number of hydrogen-bond acceptors (Lipinski definition) is 4. The first kappa shape index (κ1) is 38.9. The molecule has 1 aliphatic carbocycles. The molecule has 0 saturated heterocycles. The first-order chi connectivity index (χ1) is 32.7. The van der Waals surface area contributed by atoms with E-state index in [1.807, 2.05) is 12.1 Å². The van der Waals surface area contributed by atoms with E-state index >= 15 is 0 Å². The summed E-state index contributed by atoms with van der Waals surface area (Å²) in [5.74, 6) is 1.56. The minimum atomic E-state index is 0.0173. The van der Waals surface area contributed by atoms with Crippen molar-refractivity contribution < 1.29 is 0 Å². The summed E-state index contributed by atoms with van der Waals surface area (Å²) in [7, 11) is 0. The Balaban J connectivity index is 0.831. The number of amidine groups is 1. The van der Waals surface area contributed by atoms with Crippen molar-refractivity contribution in [2.45, 2.75) is 6.04 Å². The minimum absolute atomic E-state index is 0.0173. The zero-order chi connectivity index (χ0) is 43.8. The van der Waals surface area contributed by atoms with E-state index in [1.54, 1.807) is 0 Å². The van der Waals surface area contributed by atoms with Crippen molar-refractivity contribution in [1.82, 2.24) is 15.3 Å². The average Bonchev–Trinajstić information content (AvgIpc) is 3.40. The first-order valence-corrected chi connectivity index (χ1v) is 22.5. The lowest BCUT2D eigenvalue weighted by molar-refractivity contribution is 0.830. The predicted octanol–water partition coefficient (Wildman–Crippen LogP) is 15.0. The van der Waals surface area contributed by atoms with Gasteiger partial charge in [-0.2, -0.15) is 0 Å². The molecule has 1 N–H and O–H groups in total. The highest BCUT2D eigenvalue weighted by Gasteiger charge is 2.25. The van der Waals surface area contributed by atoms with Crippen molar-refractivity contribution in [3.8, 4) is 67.2 Å². The van der Waals surface area contributed by atoms with E-state index in [1.165, 1.54) is 38.9 Å². The predicted molar refractivity (Wildman–Crippen MR) is 275 cm³/mol. The summed E-state index contributed by atoms with van der Waals surface area (Å²) in [6.07, 6.45) is 8.59. The Morgan fingerprint density at radius 2 is 0.818 bits per heavy atom. The molecule has 1 unspecified atom stereocenters. The number of hydrogen-bond donors (Lipinski definition) is 1. The normalized spacial score (nSPS) is 14.2. The Kier molecular flexibility index (Phi) is 9.88. The lowest BCUT2D eigenvalue weighted by Crippen LogP contribution is -2.39. The van der Waals surface area contributed by atoms with Crippen LogP contribution >= 0.6 is 0 Å². The van der Waals surface area contributed by atoms with Gasteiger partial charge in [0, 0.05) is 33.2 Å². The summed E-state index contributed by atoms with van der Waals surface area (Å²) in [6, 6.07) is 77.4. The van der Waals surface area contributed by atoms with Gasteiger partial charge < -0.3 is 5.32 Å². The van der Waals surface area contributed by atoms with Gasteiger partial charge in [-0.15, -0.1) is 0 Å². The fourth-order valence-electron chi connectivity index (χ4n) is 9.20. The number of rotatable bonds is 8. The molecule has 4 nitrogen and oxygen atoms in total. The molecule has 1 aromatic heterocycles. The molecule has 0 amide bonds. The third-order valence-corrected chi connectivity index (χ3v) is 12.8.